The van der Waals surface area contributed by atoms with Crippen LogP contribution in [-0.4, -0.2) is 15.0 Å². The van der Waals surface area contributed by atoms with E-state index in [9.17, 15) is 0 Å². The van der Waals surface area contributed by atoms with Gasteiger partial charge in [-0.05, 0) is 90.6 Å². The van der Waals surface area contributed by atoms with Gasteiger partial charge in [0, 0.05) is 27.5 Å². The Bertz CT molecular complexity index is 3240. The molecule has 0 atom stereocenters. The molecule has 53 heavy (non-hydrogen) atoms. The Labute approximate surface area is 304 Å². The maximum absolute atomic E-state index is 6.53. The summed E-state index contributed by atoms with van der Waals surface area (Å²) in [4.78, 5) is 15.6. The quantitative estimate of drug-likeness (QED) is 0.174. The van der Waals surface area contributed by atoms with Gasteiger partial charge < -0.3 is 4.42 Å². The first-order chi connectivity index (χ1) is 26.2. The van der Waals surface area contributed by atoms with Crippen molar-refractivity contribution in [3.63, 3.8) is 0 Å². The maximum Gasteiger partial charge on any atom is 0.164 e. The van der Waals surface area contributed by atoms with Gasteiger partial charge in [-0.2, -0.15) is 0 Å². The molecule has 246 valence electrons. The molecule has 9 aromatic carbocycles. The summed E-state index contributed by atoms with van der Waals surface area (Å²) in [6.07, 6.45) is 0. The first kappa shape index (κ1) is 29.5. The van der Waals surface area contributed by atoms with Gasteiger partial charge in [-0.3, -0.25) is 0 Å². The third-order valence-electron chi connectivity index (χ3n) is 10.5. The molecule has 0 unspecified atom stereocenters. The van der Waals surface area contributed by atoms with E-state index >= 15 is 0 Å². The van der Waals surface area contributed by atoms with Crippen molar-refractivity contribution in [1.82, 2.24) is 15.0 Å². The Hall–Kier alpha value is -7.17. The average molecular weight is 676 g/mol. The summed E-state index contributed by atoms with van der Waals surface area (Å²) in [6, 6.07) is 61.7. The molecule has 0 saturated carbocycles. The van der Waals surface area contributed by atoms with E-state index < -0.39 is 0 Å². The first-order valence-corrected chi connectivity index (χ1v) is 17.8. The van der Waals surface area contributed by atoms with E-state index in [-0.39, 0.29) is 0 Å². The zero-order chi connectivity index (χ0) is 34.9. The van der Waals surface area contributed by atoms with Gasteiger partial charge in [-0.25, -0.2) is 15.0 Å². The lowest BCUT2D eigenvalue weighted by Gasteiger charge is -2.11. The monoisotopic (exact) mass is 675 g/mol. The fraction of sp³-hybridized carbons (Fsp3) is 0. The summed E-state index contributed by atoms with van der Waals surface area (Å²) in [5, 5.41) is 11.4. The molecular formula is C49H29N3O. The fourth-order valence-electron chi connectivity index (χ4n) is 7.79. The van der Waals surface area contributed by atoms with Crippen molar-refractivity contribution in [2.24, 2.45) is 0 Å². The van der Waals surface area contributed by atoms with Gasteiger partial charge in [0.1, 0.15) is 11.2 Å². The van der Waals surface area contributed by atoms with Crippen LogP contribution in [0.25, 0.3) is 110 Å². The molecule has 0 N–H and O–H groups in total. The zero-order valence-electron chi connectivity index (χ0n) is 28.5. The van der Waals surface area contributed by atoms with Gasteiger partial charge in [0.25, 0.3) is 0 Å². The summed E-state index contributed by atoms with van der Waals surface area (Å²) in [6.45, 7) is 0. The number of aromatic nitrogens is 3. The predicted molar refractivity (Wildman–Crippen MR) is 219 cm³/mol. The summed E-state index contributed by atoms with van der Waals surface area (Å²) >= 11 is 0. The van der Waals surface area contributed by atoms with Gasteiger partial charge in [0.05, 0.1) is 0 Å². The molecule has 0 fully saturated rings. The van der Waals surface area contributed by atoms with E-state index in [4.69, 9.17) is 19.4 Å². The first-order valence-electron chi connectivity index (χ1n) is 17.8. The second kappa shape index (κ2) is 11.7. The zero-order valence-corrected chi connectivity index (χ0v) is 28.5. The third kappa shape index (κ3) is 4.95. The number of fused-ring (bicyclic) bond motifs is 8. The van der Waals surface area contributed by atoms with Crippen LogP contribution >= 0.6 is 0 Å². The van der Waals surface area contributed by atoms with Crippen LogP contribution in [0.2, 0.25) is 0 Å². The number of hydrogen-bond donors (Lipinski definition) is 0. The number of rotatable bonds is 4. The lowest BCUT2D eigenvalue weighted by atomic mass is 9.98. The van der Waals surface area contributed by atoms with Crippen LogP contribution in [0, 0.1) is 0 Å². The van der Waals surface area contributed by atoms with Crippen molar-refractivity contribution < 1.29 is 4.42 Å². The molecule has 0 bridgehead atoms. The van der Waals surface area contributed by atoms with Gasteiger partial charge >= 0.3 is 0 Å². The second-order valence-corrected chi connectivity index (χ2v) is 13.6. The minimum Gasteiger partial charge on any atom is -0.456 e. The predicted octanol–water partition coefficient (Wildman–Crippen LogP) is 13.1. The molecule has 2 heterocycles. The Balaban J connectivity index is 1.13. The average Bonchev–Trinajstić information content (AvgIpc) is 3.60. The van der Waals surface area contributed by atoms with E-state index in [0.29, 0.717) is 17.5 Å². The lowest BCUT2D eigenvalue weighted by molar-refractivity contribution is 0.669. The molecule has 0 radical (unpaired) electrons. The van der Waals surface area contributed by atoms with Gasteiger partial charge in [0.15, 0.2) is 17.5 Å². The summed E-state index contributed by atoms with van der Waals surface area (Å²) in [7, 11) is 0. The van der Waals surface area contributed by atoms with Crippen molar-refractivity contribution in [1.29, 1.82) is 0 Å². The van der Waals surface area contributed by atoms with Crippen LogP contribution < -0.4 is 0 Å². The number of benzene rings is 9. The second-order valence-electron chi connectivity index (χ2n) is 13.6. The van der Waals surface area contributed by atoms with E-state index in [1.54, 1.807) is 0 Å². The number of hydrogen-bond acceptors (Lipinski definition) is 4. The van der Waals surface area contributed by atoms with Crippen LogP contribution in [0.1, 0.15) is 0 Å². The van der Waals surface area contributed by atoms with E-state index in [2.05, 4.69) is 158 Å². The highest BCUT2D eigenvalue weighted by atomic mass is 16.3. The van der Waals surface area contributed by atoms with Crippen molar-refractivity contribution in [3.05, 3.63) is 176 Å². The highest BCUT2D eigenvalue weighted by Crippen LogP contribution is 2.40. The molecule has 4 heteroatoms. The van der Waals surface area contributed by atoms with Crippen LogP contribution in [-0.2, 0) is 0 Å². The molecule has 11 aromatic rings. The Morgan fingerprint density at radius 1 is 0.302 bits per heavy atom. The largest absolute Gasteiger partial charge is 0.456 e. The van der Waals surface area contributed by atoms with Crippen molar-refractivity contribution in [2.75, 3.05) is 0 Å². The fourth-order valence-corrected chi connectivity index (χ4v) is 7.79. The van der Waals surface area contributed by atoms with Gasteiger partial charge in [0.2, 0.25) is 0 Å². The molecule has 4 nitrogen and oxygen atoms in total. The standard InChI is InChI=1S/C49H29N3O/c1-2-9-30(10-3-1)34-19-20-36-27-39(24-21-35(36)25-34)48-50-47(38-23-17-31-11-4-5-13-33(31)26-38)51-49(52-48)41-15-8-16-44-46(41)43-29-42-37(28-45(43)53-44)22-18-32-12-6-7-14-40(32)42/h1-29H. The van der Waals surface area contributed by atoms with Crippen LogP contribution in [0.4, 0.5) is 0 Å². The molecule has 0 aliphatic rings. The summed E-state index contributed by atoms with van der Waals surface area (Å²) in [5.74, 6) is 1.84. The highest BCUT2D eigenvalue weighted by Gasteiger charge is 2.19. The minimum absolute atomic E-state index is 0.601. The van der Waals surface area contributed by atoms with Crippen LogP contribution in [0.3, 0.4) is 0 Å². The number of nitrogens with zero attached hydrogens (tertiary/aromatic N) is 3. The smallest absolute Gasteiger partial charge is 0.164 e. The van der Waals surface area contributed by atoms with E-state index in [1.807, 2.05) is 18.2 Å². The maximum atomic E-state index is 6.53. The number of furan rings is 1. The van der Waals surface area contributed by atoms with Gasteiger partial charge in [-0.1, -0.05) is 140 Å². The van der Waals surface area contributed by atoms with Crippen LogP contribution in [0.5, 0.6) is 0 Å². The summed E-state index contributed by atoms with van der Waals surface area (Å²) < 4.78 is 6.53. The van der Waals surface area contributed by atoms with Crippen LogP contribution in [0.15, 0.2) is 180 Å². The SMILES string of the molecule is c1ccc(-c2ccc3cc(-c4nc(-c5ccc6ccccc6c5)nc(-c5cccc6oc7cc8ccc9ccccc9c8cc7c56)n4)ccc3c2)cc1. The molecule has 0 spiro atoms. The van der Waals surface area contributed by atoms with E-state index in [0.717, 1.165) is 60.2 Å². The van der Waals surface area contributed by atoms with Crippen molar-refractivity contribution >= 4 is 65.0 Å². The van der Waals surface area contributed by atoms with Gasteiger partial charge in [-0.15, -0.1) is 0 Å². The highest BCUT2D eigenvalue weighted by molar-refractivity contribution is 6.19. The normalized spacial score (nSPS) is 11.8. The van der Waals surface area contributed by atoms with Crippen molar-refractivity contribution in [3.8, 4) is 45.3 Å². The minimum atomic E-state index is 0.601. The molecular weight excluding hydrogens is 647 g/mol. The molecule has 0 aliphatic carbocycles. The Morgan fingerprint density at radius 2 is 0.887 bits per heavy atom. The molecule has 2 aromatic heterocycles. The molecule has 0 saturated heterocycles. The molecule has 0 aliphatic heterocycles. The van der Waals surface area contributed by atoms with Crippen molar-refractivity contribution in [2.45, 2.75) is 0 Å². The molecule has 0 amide bonds. The lowest BCUT2D eigenvalue weighted by Crippen LogP contribution is -2.00. The topological polar surface area (TPSA) is 51.8 Å². The molecule has 11 rings (SSSR count). The van der Waals surface area contributed by atoms with E-state index in [1.165, 1.54) is 32.7 Å². The Kier molecular flexibility index (Phi) is 6.52. The Morgan fingerprint density at radius 3 is 1.68 bits per heavy atom. The third-order valence-corrected chi connectivity index (χ3v) is 10.5. The summed E-state index contributed by atoms with van der Waals surface area (Å²) in [5.41, 5.74) is 6.78.